The molecule has 0 radical (unpaired) electrons. The van der Waals surface area contributed by atoms with E-state index in [-0.39, 0.29) is 6.10 Å². The molecular weight excluding hydrogens is 332 g/mol. The van der Waals surface area contributed by atoms with Gasteiger partial charge in [-0.3, -0.25) is 14.3 Å². The quantitative estimate of drug-likeness (QED) is 0.767. The molecule has 2 heterocycles. The highest BCUT2D eigenvalue weighted by Gasteiger charge is 2.33. The second kappa shape index (κ2) is 7.11. The molecule has 2 aromatic carbocycles. The highest BCUT2D eigenvalue weighted by molar-refractivity contribution is 5.34. The average Bonchev–Trinajstić information content (AvgIpc) is 3.01. The van der Waals surface area contributed by atoms with Crippen LogP contribution in [-0.4, -0.2) is 16.2 Å². The van der Waals surface area contributed by atoms with Gasteiger partial charge in [0.2, 0.25) is 0 Å². The molecule has 0 bridgehead atoms. The number of rotatable bonds is 5. The Morgan fingerprint density at radius 3 is 2.46 bits per heavy atom. The first-order valence-corrected chi connectivity index (χ1v) is 8.40. The molecule has 0 aliphatic carbocycles. The summed E-state index contributed by atoms with van der Waals surface area (Å²) < 4.78 is 13.3. The fourth-order valence-electron chi connectivity index (χ4n) is 3.15. The van der Waals surface area contributed by atoms with Gasteiger partial charge in [-0.25, -0.2) is 4.79 Å². The summed E-state index contributed by atoms with van der Waals surface area (Å²) in [5.41, 5.74) is 2.05. The number of nitrogens with one attached hydrogen (secondary N) is 1. The predicted octanol–water partition coefficient (Wildman–Crippen LogP) is 2.37. The molecule has 1 aliphatic heterocycles. The van der Waals surface area contributed by atoms with E-state index in [0.29, 0.717) is 13.2 Å². The summed E-state index contributed by atoms with van der Waals surface area (Å²) in [6, 6.07) is 19.0. The molecule has 1 aliphatic rings. The van der Waals surface area contributed by atoms with Crippen molar-refractivity contribution in [1.82, 2.24) is 9.55 Å². The Hall–Kier alpha value is -2.96. The molecular formula is C20H18N2O4. The molecule has 6 heteroatoms. The SMILES string of the molecule is O=c1ccn([C@@H]2O[C@@H](COCc3ccccc3)c3ccccc32)c(=O)[nH]1. The zero-order valence-electron chi connectivity index (χ0n) is 14.0. The van der Waals surface area contributed by atoms with Crippen molar-refractivity contribution in [1.29, 1.82) is 0 Å². The third-order valence-corrected chi connectivity index (χ3v) is 4.39. The maximum atomic E-state index is 12.1. The van der Waals surface area contributed by atoms with Crippen LogP contribution in [0.25, 0.3) is 0 Å². The van der Waals surface area contributed by atoms with Gasteiger partial charge in [-0.05, 0) is 11.1 Å². The number of fused-ring (bicyclic) bond motifs is 1. The molecule has 0 unspecified atom stereocenters. The Labute approximate surface area is 149 Å². The van der Waals surface area contributed by atoms with Crippen molar-refractivity contribution in [2.75, 3.05) is 6.61 Å². The number of nitrogens with zero attached hydrogens (tertiary/aromatic N) is 1. The minimum absolute atomic E-state index is 0.279. The fraction of sp³-hybridized carbons (Fsp3) is 0.200. The molecule has 0 spiro atoms. The Morgan fingerprint density at radius 1 is 0.962 bits per heavy atom. The van der Waals surface area contributed by atoms with Crippen LogP contribution in [-0.2, 0) is 16.1 Å². The topological polar surface area (TPSA) is 73.3 Å². The van der Waals surface area contributed by atoms with Gasteiger partial charge in [0, 0.05) is 17.8 Å². The van der Waals surface area contributed by atoms with Gasteiger partial charge in [0.15, 0.2) is 6.23 Å². The van der Waals surface area contributed by atoms with Crippen LogP contribution in [0.4, 0.5) is 0 Å². The van der Waals surface area contributed by atoms with Gasteiger partial charge in [-0.2, -0.15) is 0 Å². The summed E-state index contributed by atoms with van der Waals surface area (Å²) in [7, 11) is 0. The molecule has 0 saturated carbocycles. The molecule has 1 N–H and O–H groups in total. The zero-order chi connectivity index (χ0) is 17.9. The Balaban J connectivity index is 1.54. The van der Waals surface area contributed by atoms with E-state index in [2.05, 4.69) is 4.98 Å². The molecule has 2 atom stereocenters. The van der Waals surface area contributed by atoms with Crippen molar-refractivity contribution in [2.24, 2.45) is 0 Å². The maximum Gasteiger partial charge on any atom is 0.330 e. The van der Waals surface area contributed by atoms with E-state index in [9.17, 15) is 9.59 Å². The van der Waals surface area contributed by atoms with Crippen LogP contribution in [0.5, 0.6) is 0 Å². The number of aromatic nitrogens is 2. The largest absolute Gasteiger partial charge is 0.374 e. The van der Waals surface area contributed by atoms with Crippen LogP contribution in [0, 0.1) is 0 Å². The van der Waals surface area contributed by atoms with Crippen LogP contribution < -0.4 is 11.2 Å². The Bertz CT molecular complexity index is 1010. The lowest BCUT2D eigenvalue weighted by Gasteiger charge is -2.16. The molecule has 4 rings (SSSR count). The fourth-order valence-corrected chi connectivity index (χ4v) is 3.15. The first kappa shape index (κ1) is 16.5. The monoisotopic (exact) mass is 350 g/mol. The predicted molar refractivity (Wildman–Crippen MR) is 95.8 cm³/mol. The molecule has 0 saturated heterocycles. The van der Waals surface area contributed by atoms with E-state index in [4.69, 9.17) is 9.47 Å². The van der Waals surface area contributed by atoms with Gasteiger partial charge in [0.05, 0.1) is 13.2 Å². The minimum atomic E-state index is -0.583. The van der Waals surface area contributed by atoms with Crippen LogP contribution in [0.1, 0.15) is 29.0 Å². The summed E-state index contributed by atoms with van der Waals surface area (Å²) in [4.78, 5) is 25.7. The van der Waals surface area contributed by atoms with Crippen LogP contribution in [0.3, 0.4) is 0 Å². The Kier molecular flexibility index (Phi) is 4.51. The van der Waals surface area contributed by atoms with Gasteiger partial charge in [-0.1, -0.05) is 54.6 Å². The average molecular weight is 350 g/mol. The maximum absolute atomic E-state index is 12.1. The van der Waals surface area contributed by atoms with Crippen LogP contribution >= 0.6 is 0 Å². The van der Waals surface area contributed by atoms with Crippen molar-refractivity contribution in [2.45, 2.75) is 18.9 Å². The summed E-state index contributed by atoms with van der Waals surface area (Å²) >= 11 is 0. The highest BCUT2D eigenvalue weighted by Crippen LogP contribution is 2.39. The third-order valence-electron chi connectivity index (χ3n) is 4.39. The molecule has 26 heavy (non-hydrogen) atoms. The molecule has 0 fully saturated rings. The Morgan fingerprint density at radius 2 is 1.69 bits per heavy atom. The van der Waals surface area contributed by atoms with E-state index in [1.54, 1.807) is 0 Å². The van der Waals surface area contributed by atoms with Crippen molar-refractivity contribution in [3.8, 4) is 0 Å². The van der Waals surface area contributed by atoms with E-state index in [1.807, 2.05) is 54.6 Å². The van der Waals surface area contributed by atoms with Gasteiger partial charge >= 0.3 is 5.69 Å². The number of benzene rings is 2. The zero-order valence-corrected chi connectivity index (χ0v) is 14.0. The summed E-state index contributed by atoms with van der Waals surface area (Å²) in [5.74, 6) is 0. The van der Waals surface area contributed by atoms with Crippen LogP contribution in [0.2, 0.25) is 0 Å². The van der Waals surface area contributed by atoms with Gasteiger partial charge in [0.25, 0.3) is 5.56 Å². The van der Waals surface area contributed by atoms with E-state index in [1.165, 1.54) is 16.8 Å². The first-order chi connectivity index (χ1) is 12.7. The molecule has 1 aromatic heterocycles. The second-order valence-electron chi connectivity index (χ2n) is 6.12. The second-order valence-corrected chi connectivity index (χ2v) is 6.12. The van der Waals surface area contributed by atoms with Crippen molar-refractivity contribution < 1.29 is 9.47 Å². The lowest BCUT2D eigenvalue weighted by molar-refractivity contribution is -0.0561. The number of aromatic amines is 1. The molecule has 132 valence electrons. The molecule has 0 amide bonds. The first-order valence-electron chi connectivity index (χ1n) is 8.40. The smallest absolute Gasteiger partial charge is 0.330 e. The standard InChI is InChI=1S/C20H18N2O4/c23-18-10-11-22(20(24)21-18)19-16-9-5-4-8-15(16)17(26-19)13-25-12-14-6-2-1-3-7-14/h1-11,17,19H,12-13H2,(H,21,23,24)/t17-,19+/m0/s1. The summed E-state index contributed by atoms with van der Waals surface area (Å²) in [5, 5.41) is 0. The van der Waals surface area contributed by atoms with E-state index < -0.39 is 17.5 Å². The summed E-state index contributed by atoms with van der Waals surface area (Å²) in [6.45, 7) is 0.868. The summed E-state index contributed by atoms with van der Waals surface area (Å²) in [6.07, 6.45) is 0.593. The third kappa shape index (κ3) is 3.24. The number of hydrogen-bond acceptors (Lipinski definition) is 4. The van der Waals surface area contributed by atoms with Crippen LogP contribution in [0.15, 0.2) is 76.4 Å². The minimum Gasteiger partial charge on any atom is -0.374 e. The number of hydrogen-bond donors (Lipinski definition) is 1. The molecule has 3 aromatic rings. The lowest BCUT2D eigenvalue weighted by atomic mass is 10.0. The van der Waals surface area contributed by atoms with Gasteiger partial charge in [-0.15, -0.1) is 0 Å². The van der Waals surface area contributed by atoms with Crippen molar-refractivity contribution in [3.63, 3.8) is 0 Å². The number of H-pyrrole nitrogens is 1. The lowest BCUT2D eigenvalue weighted by Crippen LogP contribution is -2.32. The normalized spacial score (nSPS) is 18.6. The van der Waals surface area contributed by atoms with Crippen molar-refractivity contribution >= 4 is 0 Å². The van der Waals surface area contributed by atoms with Crippen molar-refractivity contribution in [3.05, 3.63) is 104 Å². The number of ether oxygens (including phenoxy) is 2. The van der Waals surface area contributed by atoms with Gasteiger partial charge in [0.1, 0.15) is 6.10 Å². The van der Waals surface area contributed by atoms with E-state index in [0.717, 1.165) is 16.7 Å². The molecule has 6 nitrogen and oxygen atoms in total. The van der Waals surface area contributed by atoms with Gasteiger partial charge < -0.3 is 9.47 Å². The highest BCUT2D eigenvalue weighted by atomic mass is 16.5. The van der Waals surface area contributed by atoms with E-state index >= 15 is 0 Å².